The largest absolute Gasteiger partial charge is 0.480 e. The van der Waals surface area contributed by atoms with Crippen molar-refractivity contribution in [3.63, 3.8) is 0 Å². The minimum absolute atomic E-state index is 0.0304. The average Bonchev–Trinajstić information content (AvgIpc) is 2.78. The highest BCUT2D eigenvalue weighted by atomic mass is 16.4. The van der Waals surface area contributed by atoms with Crippen LogP contribution in [0, 0.1) is 11.8 Å². The van der Waals surface area contributed by atoms with Gasteiger partial charge in [0.2, 0.25) is 23.6 Å². The molecule has 0 aliphatic carbocycles. The highest BCUT2D eigenvalue weighted by Crippen LogP contribution is 2.09. The SMILES string of the molecule is CC(C)C(NC(=O)C(N)CCC(N)=O)C(=O)NC(C(=O)NC(Cc1ccccc1)C(=O)O)C(C)C. The molecule has 4 atom stereocenters. The molecule has 194 valence electrons. The van der Waals surface area contributed by atoms with E-state index in [1.807, 2.05) is 0 Å². The predicted octanol–water partition coefficient (Wildman–Crippen LogP) is -0.327. The summed E-state index contributed by atoms with van der Waals surface area (Å²) in [6.07, 6.45) is 0.0353. The first-order valence-corrected chi connectivity index (χ1v) is 11.5. The van der Waals surface area contributed by atoms with E-state index < -0.39 is 53.8 Å². The number of carboxylic acids is 1. The third-order valence-electron chi connectivity index (χ3n) is 5.43. The van der Waals surface area contributed by atoms with Gasteiger partial charge in [-0.1, -0.05) is 58.0 Å². The lowest BCUT2D eigenvalue weighted by Gasteiger charge is -2.28. The molecule has 11 nitrogen and oxygen atoms in total. The van der Waals surface area contributed by atoms with E-state index in [1.54, 1.807) is 58.0 Å². The monoisotopic (exact) mass is 491 g/mol. The maximum atomic E-state index is 13.0. The number of amides is 4. The molecular weight excluding hydrogens is 454 g/mol. The van der Waals surface area contributed by atoms with E-state index in [0.717, 1.165) is 5.56 Å². The molecule has 0 aliphatic heterocycles. The maximum absolute atomic E-state index is 13.0. The van der Waals surface area contributed by atoms with Crippen LogP contribution in [0.25, 0.3) is 0 Å². The molecule has 1 aromatic carbocycles. The van der Waals surface area contributed by atoms with Crippen molar-refractivity contribution >= 4 is 29.6 Å². The molecule has 35 heavy (non-hydrogen) atoms. The van der Waals surface area contributed by atoms with Gasteiger partial charge in [-0.25, -0.2) is 4.79 Å². The first kappa shape index (κ1) is 29.6. The highest BCUT2D eigenvalue weighted by Gasteiger charge is 2.33. The molecule has 1 rings (SSSR count). The zero-order valence-electron chi connectivity index (χ0n) is 20.6. The van der Waals surface area contributed by atoms with Crippen molar-refractivity contribution in [3.05, 3.63) is 35.9 Å². The van der Waals surface area contributed by atoms with E-state index in [4.69, 9.17) is 11.5 Å². The number of carboxylic acid groups (broad SMARTS) is 1. The van der Waals surface area contributed by atoms with Gasteiger partial charge in [0, 0.05) is 12.8 Å². The number of benzene rings is 1. The summed E-state index contributed by atoms with van der Waals surface area (Å²) in [6, 6.07) is 4.60. The van der Waals surface area contributed by atoms with Crippen molar-refractivity contribution in [2.75, 3.05) is 0 Å². The zero-order chi connectivity index (χ0) is 26.7. The van der Waals surface area contributed by atoms with E-state index >= 15 is 0 Å². The molecule has 4 amide bonds. The molecule has 0 fully saturated rings. The van der Waals surface area contributed by atoms with Crippen molar-refractivity contribution in [3.8, 4) is 0 Å². The number of nitrogens with one attached hydrogen (secondary N) is 3. The standard InChI is InChI=1S/C24H37N5O6/c1-13(2)19(22(32)27-17(24(34)35)12-15-8-6-5-7-9-15)29-23(33)20(14(3)4)28-21(31)16(25)10-11-18(26)30/h5-9,13-14,16-17,19-20H,10-12,25H2,1-4H3,(H2,26,30)(H,27,32)(H,28,31)(H,29,33)(H,34,35). The number of primary amides is 1. The third-order valence-corrected chi connectivity index (χ3v) is 5.43. The number of carbonyl (C=O) groups is 5. The molecule has 0 bridgehead atoms. The van der Waals surface area contributed by atoms with Gasteiger partial charge in [0.1, 0.15) is 18.1 Å². The summed E-state index contributed by atoms with van der Waals surface area (Å²) in [6.45, 7) is 6.84. The number of nitrogens with two attached hydrogens (primary N) is 2. The van der Waals surface area contributed by atoms with Crippen LogP contribution in [0.15, 0.2) is 30.3 Å². The summed E-state index contributed by atoms with van der Waals surface area (Å²) in [5.41, 5.74) is 11.6. The van der Waals surface area contributed by atoms with Gasteiger partial charge in [-0.3, -0.25) is 19.2 Å². The molecule has 0 aromatic heterocycles. The van der Waals surface area contributed by atoms with Crippen LogP contribution in [0.1, 0.15) is 46.1 Å². The molecule has 8 N–H and O–H groups in total. The Morgan fingerprint density at radius 3 is 1.77 bits per heavy atom. The fourth-order valence-corrected chi connectivity index (χ4v) is 3.31. The number of hydrogen-bond donors (Lipinski definition) is 6. The van der Waals surface area contributed by atoms with Gasteiger partial charge in [0.25, 0.3) is 0 Å². The predicted molar refractivity (Wildman–Crippen MR) is 130 cm³/mol. The lowest BCUT2D eigenvalue weighted by atomic mass is 9.98. The van der Waals surface area contributed by atoms with Gasteiger partial charge in [-0.2, -0.15) is 0 Å². The van der Waals surface area contributed by atoms with Crippen LogP contribution in [-0.2, 0) is 30.4 Å². The molecule has 1 aromatic rings. The molecule has 4 unspecified atom stereocenters. The first-order chi connectivity index (χ1) is 16.3. The normalized spacial score (nSPS) is 14.5. The summed E-state index contributed by atoms with van der Waals surface area (Å²) in [5.74, 6) is -4.39. The minimum Gasteiger partial charge on any atom is -0.480 e. The molecule has 11 heteroatoms. The smallest absolute Gasteiger partial charge is 0.326 e. The van der Waals surface area contributed by atoms with E-state index in [9.17, 15) is 29.1 Å². The maximum Gasteiger partial charge on any atom is 0.326 e. The fraction of sp³-hybridized carbons (Fsp3) is 0.542. The van der Waals surface area contributed by atoms with E-state index in [0.29, 0.717) is 0 Å². The zero-order valence-corrected chi connectivity index (χ0v) is 20.6. The first-order valence-electron chi connectivity index (χ1n) is 11.5. The van der Waals surface area contributed by atoms with Crippen LogP contribution in [0.5, 0.6) is 0 Å². The second kappa shape index (κ2) is 14.1. The highest BCUT2D eigenvalue weighted by molar-refractivity contribution is 5.94. The Labute approximate surface area is 205 Å². The minimum atomic E-state index is -1.20. The third kappa shape index (κ3) is 10.1. The van der Waals surface area contributed by atoms with Crippen LogP contribution in [0.3, 0.4) is 0 Å². The van der Waals surface area contributed by atoms with Gasteiger partial charge < -0.3 is 32.5 Å². The van der Waals surface area contributed by atoms with Crippen LogP contribution in [0.2, 0.25) is 0 Å². The lowest BCUT2D eigenvalue weighted by molar-refractivity contribution is -0.142. The number of rotatable bonds is 14. The fourth-order valence-electron chi connectivity index (χ4n) is 3.31. The molecule has 0 saturated carbocycles. The Hall–Kier alpha value is -3.47. The summed E-state index contributed by atoms with van der Waals surface area (Å²) in [7, 11) is 0. The quantitative estimate of drug-likeness (QED) is 0.205. The van der Waals surface area contributed by atoms with E-state index in [-0.39, 0.29) is 31.1 Å². The summed E-state index contributed by atoms with van der Waals surface area (Å²) in [5, 5.41) is 17.3. The van der Waals surface area contributed by atoms with Crippen LogP contribution >= 0.6 is 0 Å². The van der Waals surface area contributed by atoms with Crippen molar-refractivity contribution in [1.29, 1.82) is 0 Å². The Morgan fingerprint density at radius 1 is 0.829 bits per heavy atom. The summed E-state index contributed by atoms with van der Waals surface area (Å²) >= 11 is 0. The molecule has 0 heterocycles. The van der Waals surface area contributed by atoms with Crippen LogP contribution in [-0.4, -0.2) is 58.9 Å². The summed E-state index contributed by atoms with van der Waals surface area (Å²) < 4.78 is 0. The van der Waals surface area contributed by atoms with Gasteiger partial charge in [0.15, 0.2) is 0 Å². The molecule has 0 saturated heterocycles. The number of hydrogen-bond acceptors (Lipinski definition) is 6. The van der Waals surface area contributed by atoms with Gasteiger partial charge in [-0.15, -0.1) is 0 Å². The second-order valence-corrected chi connectivity index (χ2v) is 9.16. The van der Waals surface area contributed by atoms with E-state index in [1.165, 1.54) is 0 Å². The average molecular weight is 492 g/mol. The van der Waals surface area contributed by atoms with Crippen molar-refractivity contribution in [2.45, 2.75) is 71.1 Å². The molecule has 0 spiro atoms. The number of aliphatic carboxylic acids is 1. The van der Waals surface area contributed by atoms with Crippen molar-refractivity contribution < 1.29 is 29.1 Å². The summed E-state index contributed by atoms with van der Waals surface area (Å²) in [4.78, 5) is 61.0. The molecule has 0 radical (unpaired) electrons. The Bertz CT molecular complexity index is 890. The topological polar surface area (TPSA) is 194 Å². The van der Waals surface area contributed by atoms with E-state index in [2.05, 4.69) is 16.0 Å². The lowest BCUT2D eigenvalue weighted by Crippen LogP contribution is -2.59. The number of carbonyl (C=O) groups excluding carboxylic acids is 4. The van der Waals surface area contributed by atoms with Crippen molar-refractivity contribution in [1.82, 2.24) is 16.0 Å². The van der Waals surface area contributed by atoms with Crippen LogP contribution < -0.4 is 27.4 Å². The Kier molecular flexibility index (Phi) is 11.9. The Balaban J connectivity index is 2.90. The van der Waals surface area contributed by atoms with Gasteiger partial charge in [-0.05, 0) is 23.8 Å². The second-order valence-electron chi connectivity index (χ2n) is 9.16. The molecular formula is C24H37N5O6. The van der Waals surface area contributed by atoms with Crippen LogP contribution in [0.4, 0.5) is 0 Å². The van der Waals surface area contributed by atoms with Gasteiger partial charge >= 0.3 is 5.97 Å². The molecule has 0 aliphatic rings. The van der Waals surface area contributed by atoms with Gasteiger partial charge in [0.05, 0.1) is 6.04 Å². The Morgan fingerprint density at radius 2 is 1.31 bits per heavy atom. The van der Waals surface area contributed by atoms with Crippen molar-refractivity contribution in [2.24, 2.45) is 23.3 Å².